The number of ether oxygens (including phenoxy) is 1. The zero-order valence-electron chi connectivity index (χ0n) is 16.2. The van der Waals surface area contributed by atoms with E-state index in [9.17, 15) is 9.59 Å². The molecule has 2 aromatic rings. The molecule has 0 atom stereocenters. The molecule has 2 amide bonds. The molecule has 4 rings (SSSR count). The van der Waals surface area contributed by atoms with Crippen molar-refractivity contribution in [3.8, 4) is 0 Å². The molecule has 148 valence electrons. The average Bonchev–Trinajstić information content (AvgIpc) is 3.12. The third-order valence-corrected chi connectivity index (χ3v) is 5.36. The van der Waals surface area contributed by atoms with Gasteiger partial charge in [0, 0.05) is 26.2 Å². The summed E-state index contributed by atoms with van der Waals surface area (Å²) in [7, 11) is 0. The Hall–Kier alpha value is -2.67. The molecule has 7 nitrogen and oxygen atoms in total. The molecule has 1 fully saturated rings. The number of amides is 2. The van der Waals surface area contributed by atoms with Crippen LogP contribution in [0.25, 0.3) is 0 Å². The standard InChI is InChI=1S/C21H26N4O3/c1-15-5-4-6-16(13-15)14-22-20(26)18-17-7-2-3-8-25(17)19(23-18)21(27)24-9-11-28-12-10-24/h4-6,13H,2-3,7-12,14H2,1H3,(H,22,26). The van der Waals surface area contributed by atoms with Gasteiger partial charge >= 0.3 is 0 Å². The Bertz CT molecular complexity index is 884. The smallest absolute Gasteiger partial charge is 0.290 e. The van der Waals surface area contributed by atoms with Crippen molar-refractivity contribution < 1.29 is 14.3 Å². The first-order valence-electron chi connectivity index (χ1n) is 9.93. The highest BCUT2D eigenvalue weighted by Crippen LogP contribution is 2.22. The molecule has 0 spiro atoms. The van der Waals surface area contributed by atoms with E-state index in [2.05, 4.69) is 16.4 Å². The lowest BCUT2D eigenvalue weighted by molar-refractivity contribution is 0.0291. The number of rotatable bonds is 4. The summed E-state index contributed by atoms with van der Waals surface area (Å²) in [6, 6.07) is 8.05. The lowest BCUT2D eigenvalue weighted by Crippen LogP contribution is -2.42. The van der Waals surface area contributed by atoms with Crippen molar-refractivity contribution in [2.24, 2.45) is 0 Å². The molecule has 28 heavy (non-hydrogen) atoms. The van der Waals surface area contributed by atoms with E-state index in [-0.39, 0.29) is 11.8 Å². The molecule has 7 heteroatoms. The number of benzene rings is 1. The van der Waals surface area contributed by atoms with E-state index in [1.54, 1.807) is 4.90 Å². The number of morpholine rings is 1. The van der Waals surface area contributed by atoms with Crippen LogP contribution in [0.3, 0.4) is 0 Å². The number of nitrogens with zero attached hydrogens (tertiary/aromatic N) is 3. The van der Waals surface area contributed by atoms with Gasteiger partial charge in [0.2, 0.25) is 0 Å². The predicted molar refractivity (Wildman–Crippen MR) is 104 cm³/mol. The monoisotopic (exact) mass is 382 g/mol. The van der Waals surface area contributed by atoms with Crippen LogP contribution in [0.15, 0.2) is 24.3 Å². The van der Waals surface area contributed by atoms with Gasteiger partial charge in [-0.05, 0) is 31.7 Å². The SMILES string of the molecule is Cc1cccc(CNC(=O)c2nc(C(=O)N3CCOCC3)n3c2CCCC3)c1. The summed E-state index contributed by atoms with van der Waals surface area (Å²) in [4.78, 5) is 32.1. The van der Waals surface area contributed by atoms with E-state index in [0.29, 0.717) is 44.4 Å². The van der Waals surface area contributed by atoms with Gasteiger partial charge < -0.3 is 19.5 Å². The van der Waals surface area contributed by atoms with Crippen LogP contribution in [0.5, 0.6) is 0 Å². The highest BCUT2D eigenvalue weighted by molar-refractivity contribution is 5.97. The van der Waals surface area contributed by atoms with Crippen molar-refractivity contribution in [1.82, 2.24) is 19.8 Å². The van der Waals surface area contributed by atoms with Crippen molar-refractivity contribution >= 4 is 11.8 Å². The maximum Gasteiger partial charge on any atom is 0.290 e. The van der Waals surface area contributed by atoms with E-state index in [1.807, 2.05) is 29.7 Å². The molecule has 0 saturated carbocycles. The molecule has 1 N–H and O–H groups in total. The molecule has 0 unspecified atom stereocenters. The lowest BCUT2D eigenvalue weighted by atomic mass is 10.1. The second kappa shape index (κ2) is 8.14. The van der Waals surface area contributed by atoms with E-state index < -0.39 is 0 Å². The number of nitrogens with one attached hydrogen (secondary N) is 1. The maximum atomic E-state index is 13.0. The summed E-state index contributed by atoms with van der Waals surface area (Å²) in [5.74, 6) is 0.0645. The first kappa shape index (κ1) is 18.7. The van der Waals surface area contributed by atoms with Crippen LogP contribution in [0, 0.1) is 6.92 Å². The molecular weight excluding hydrogens is 356 g/mol. The highest BCUT2D eigenvalue weighted by Gasteiger charge is 2.30. The average molecular weight is 382 g/mol. The van der Waals surface area contributed by atoms with Gasteiger partial charge in [0.05, 0.1) is 18.9 Å². The van der Waals surface area contributed by atoms with Gasteiger partial charge in [0.1, 0.15) is 5.69 Å². The Kier molecular flexibility index (Phi) is 5.43. The topological polar surface area (TPSA) is 76.5 Å². The van der Waals surface area contributed by atoms with Crippen molar-refractivity contribution in [3.05, 3.63) is 52.6 Å². The minimum atomic E-state index is -0.215. The fourth-order valence-electron chi connectivity index (χ4n) is 3.88. The summed E-state index contributed by atoms with van der Waals surface area (Å²) in [5, 5.41) is 2.96. The van der Waals surface area contributed by atoms with Gasteiger partial charge in [-0.2, -0.15) is 0 Å². The number of carbonyl (C=O) groups excluding carboxylic acids is 2. The summed E-state index contributed by atoms with van der Waals surface area (Å²) in [5.41, 5.74) is 3.48. The fourth-order valence-corrected chi connectivity index (χ4v) is 3.88. The number of hydrogen-bond acceptors (Lipinski definition) is 4. The van der Waals surface area contributed by atoms with Crippen LogP contribution in [-0.2, 0) is 24.2 Å². The summed E-state index contributed by atoms with van der Waals surface area (Å²) >= 11 is 0. The Labute approximate surface area is 164 Å². The van der Waals surface area contributed by atoms with Crippen LogP contribution in [0.4, 0.5) is 0 Å². The van der Waals surface area contributed by atoms with Crippen molar-refractivity contribution in [1.29, 1.82) is 0 Å². The van der Waals surface area contributed by atoms with Gasteiger partial charge in [0.15, 0.2) is 5.82 Å². The normalized spacial score (nSPS) is 16.5. The minimum absolute atomic E-state index is 0.107. The number of hydrogen-bond donors (Lipinski definition) is 1. The van der Waals surface area contributed by atoms with Crippen LogP contribution in [0.2, 0.25) is 0 Å². The molecule has 1 saturated heterocycles. The zero-order chi connectivity index (χ0) is 19.5. The quantitative estimate of drug-likeness (QED) is 0.877. The van der Waals surface area contributed by atoms with Crippen LogP contribution < -0.4 is 5.32 Å². The van der Waals surface area contributed by atoms with Crippen LogP contribution in [-0.4, -0.2) is 52.6 Å². The zero-order valence-corrected chi connectivity index (χ0v) is 16.2. The van der Waals surface area contributed by atoms with Gasteiger partial charge in [-0.3, -0.25) is 9.59 Å². The van der Waals surface area contributed by atoms with Crippen LogP contribution >= 0.6 is 0 Å². The predicted octanol–water partition coefficient (Wildman–Crippen LogP) is 1.93. The van der Waals surface area contributed by atoms with Gasteiger partial charge in [0.25, 0.3) is 11.8 Å². The third-order valence-electron chi connectivity index (χ3n) is 5.36. The molecule has 0 bridgehead atoms. The molecule has 3 heterocycles. The van der Waals surface area contributed by atoms with Gasteiger partial charge in [-0.25, -0.2) is 4.98 Å². The Morgan fingerprint density at radius 2 is 2.00 bits per heavy atom. The van der Waals surface area contributed by atoms with Crippen molar-refractivity contribution in [2.45, 2.75) is 39.3 Å². The molecular formula is C21H26N4O3. The Balaban J connectivity index is 1.55. The molecule has 1 aromatic heterocycles. The fraction of sp³-hybridized carbons (Fsp3) is 0.476. The highest BCUT2D eigenvalue weighted by atomic mass is 16.5. The van der Waals surface area contributed by atoms with E-state index in [0.717, 1.165) is 42.6 Å². The summed E-state index contributed by atoms with van der Waals surface area (Å²) < 4.78 is 7.29. The number of carbonyl (C=O) groups is 2. The first-order chi connectivity index (χ1) is 13.6. The van der Waals surface area contributed by atoms with Gasteiger partial charge in [-0.15, -0.1) is 0 Å². The molecule has 2 aliphatic rings. The summed E-state index contributed by atoms with van der Waals surface area (Å²) in [6.45, 7) is 5.43. The number of aryl methyl sites for hydroxylation is 1. The Morgan fingerprint density at radius 1 is 1.18 bits per heavy atom. The largest absolute Gasteiger partial charge is 0.378 e. The van der Waals surface area contributed by atoms with E-state index in [1.165, 1.54) is 0 Å². The number of aromatic nitrogens is 2. The van der Waals surface area contributed by atoms with E-state index in [4.69, 9.17) is 4.74 Å². The van der Waals surface area contributed by atoms with Gasteiger partial charge in [-0.1, -0.05) is 29.8 Å². The van der Waals surface area contributed by atoms with Crippen molar-refractivity contribution in [3.63, 3.8) is 0 Å². The second-order valence-electron chi connectivity index (χ2n) is 7.42. The first-order valence-corrected chi connectivity index (χ1v) is 9.93. The number of imidazole rings is 1. The third kappa shape index (κ3) is 3.80. The molecule has 0 radical (unpaired) electrons. The Morgan fingerprint density at radius 3 is 2.79 bits per heavy atom. The second-order valence-corrected chi connectivity index (χ2v) is 7.42. The number of fused-ring (bicyclic) bond motifs is 1. The van der Waals surface area contributed by atoms with E-state index >= 15 is 0 Å². The molecule has 2 aliphatic heterocycles. The molecule has 1 aromatic carbocycles. The summed E-state index contributed by atoms with van der Waals surface area (Å²) in [6.07, 6.45) is 2.78. The molecule has 0 aliphatic carbocycles. The van der Waals surface area contributed by atoms with Crippen LogP contribution in [0.1, 0.15) is 50.8 Å². The van der Waals surface area contributed by atoms with Crippen molar-refractivity contribution in [2.75, 3.05) is 26.3 Å². The lowest BCUT2D eigenvalue weighted by Gasteiger charge is -2.27. The minimum Gasteiger partial charge on any atom is -0.378 e. The maximum absolute atomic E-state index is 13.0.